The van der Waals surface area contributed by atoms with Crippen molar-refractivity contribution in [3.63, 3.8) is 0 Å². The van der Waals surface area contributed by atoms with E-state index in [1.165, 1.54) is 7.11 Å². The first kappa shape index (κ1) is 20.8. The summed E-state index contributed by atoms with van der Waals surface area (Å²) < 4.78 is 4.76. The molecule has 28 heavy (non-hydrogen) atoms. The van der Waals surface area contributed by atoms with E-state index in [1.54, 1.807) is 0 Å². The van der Waals surface area contributed by atoms with Crippen molar-refractivity contribution in [3.8, 4) is 0 Å². The number of esters is 1. The van der Waals surface area contributed by atoms with Crippen LogP contribution in [-0.4, -0.2) is 43.5 Å². The number of allylic oxidation sites excluding steroid dienone is 2. The maximum Gasteiger partial charge on any atom is 0.337 e. The molecule has 5 nitrogen and oxygen atoms in total. The van der Waals surface area contributed by atoms with Gasteiger partial charge in [-0.15, -0.1) is 9.24 Å². The Hall–Kier alpha value is -1.97. The highest BCUT2D eigenvalue weighted by Gasteiger charge is 2.44. The summed E-state index contributed by atoms with van der Waals surface area (Å²) in [5, 5.41) is -0.723. The Bertz CT molecular complexity index is 777. The lowest BCUT2D eigenvalue weighted by Gasteiger charge is -2.33. The molecule has 6 heteroatoms. The third kappa shape index (κ3) is 4.37. The first-order valence-electron chi connectivity index (χ1n) is 9.78. The average Bonchev–Trinajstić information content (AvgIpc) is 3.21. The molecule has 1 saturated heterocycles. The summed E-state index contributed by atoms with van der Waals surface area (Å²) >= 11 is 0. The van der Waals surface area contributed by atoms with Gasteiger partial charge in [0, 0.05) is 6.54 Å². The molecule has 1 aromatic carbocycles. The Labute approximate surface area is 169 Å². The van der Waals surface area contributed by atoms with Gasteiger partial charge >= 0.3 is 5.97 Å². The Balaban J connectivity index is 1.56. The number of nitrogens with two attached hydrogens (primary N) is 1. The van der Waals surface area contributed by atoms with Crippen LogP contribution in [0.25, 0.3) is 0 Å². The number of rotatable bonds is 7. The fourth-order valence-electron chi connectivity index (χ4n) is 4.20. The zero-order chi connectivity index (χ0) is 20.1. The van der Waals surface area contributed by atoms with Crippen molar-refractivity contribution in [2.24, 2.45) is 17.6 Å². The van der Waals surface area contributed by atoms with Gasteiger partial charge in [-0.2, -0.15) is 0 Å². The van der Waals surface area contributed by atoms with Crippen LogP contribution in [0, 0.1) is 11.8 Å². The smallest absolute Gasteiger partial charge is 0.337 e. The van der Waals surface area contributed by atoms with E-state index in [9.17, 15) is 9.59 Å². The third-order valence-electron chi connectivity index (χ3n) is 6.00. The quantitative estimate of drug-likeness (QED) is 0.564. The van der Waals surface area contributed by atoms with Gasteiger partial charge in [-0.05, 0) is 49.8 Å². The van der Waals surface area contributed by atoms with E-state index in [-0.39, 0.29) is 17.8 Å². The van der Waals surface area contributed by atoms with Crippen molar-refractivity contribution in [2.45, 2.75) is 24.4 Å². The molecule has 0 bridgehead atoms. The van der Waals surface area contributed by atoms with Crippen molar-refractivity contribution in [2.75, 3.05) is 26.7 Å². The molecule has 1 fully saturated rings. The second kappa shape index (κ2) is 9.02. The number of hydrogen-bond acceptors (Lipinski definition) is 4. The van der Waals surface area contributed by atoms with Crippen molar-refractivity contribution < 1.29 is 14.3 Å². The normalized spacial score (nSPS) is 24.4. The Morgan fingerprint density at radius 2 is 2.07 bits per heavy atom. The molecule has 0 spiro atoms. The molecule has 1 aliphatic heterocycles. The second-order valence-corrected chi connectivity index (χ2v) is 8.59. The van der Waals surface area contributed by atoms with E-state index in [0.717, 1.165) is 44.5 Å². The molecule has 1 aromatic rings. The van der Waals surface area contributed by atoms with E-state index >= 15 is 0 Å². The number of carbonyl (C=O) groups is 2. The number of nitrogens with zero attached hydrogens (tertiary/aromatic N) is 1. The number of amides is 1. The lowest BCUT2D eigenvalue weighted by molar-refractivity contribution is -0.135. The van der Waals surface area contributed by atoms with Crippen LogP contribution in [0.4, 0.5) is 0 Å². The first-order chi connectivity index (χ1) is 13.4. The fraction of sp³-hybridized carbons (Fsp3) is 0.455. The zero-order valence-corrected chi connectivity index (χ0v) is 17.5. The Morgan fingerprint density at radius 1 is 1.32 bits per heavy atom. The van der Waals surface area contributed by atoms with E-state index in [2.05, 4.69) is 20.2 Å². The minimum absolute atomic E-state index is 0.185. The summed E-state index contributed by atoms with van der Waals surface area (Å²) in [5.41, 5.74) is 7.44. The van der Waals surface area contributed by atoms with Gasteiger partial charge in [0.2, 0.25) is 5.91 Å². The van der Waals surface area contributed by atoms with Gasteiger partial charge in [-0.1, -0.05) is 48.6 Å². The molecule has 0 aromatic heterocycles. The molecule has 0 saturated carbocycles. The van der Waals surface area contributed by atoms with Crippen molar-refractivity contribution in [3.05, 3.63) is 59.7 Å². The van der Waals surface area contributed by atoms with Gasteiger partial charge < -0.3 is 15.4 Å². The van der Waals surface area contributed by atoms with Crippen molar-refractivity contribution in [1.82, 2.24) is 4.90 Å². The van der Waals surface area contributed by atoms with Crippen LogP contribution in [0.2, 0.25) is 0 Å². The number of primary amides is 1. The number of likely N-dealkylation sites (tertiary alicyclic amines) is 1. The number of methoxy groups -OCH3 is 1. The summed E-state index contributed by atoms with van der Waals surface area (Å²) in [6, 6.07) is 9.83. The highest BCUT2D eigenvalue weighted by Crippen LogP contribution is 2.43. The van der Waals surface area contributed by atoms with Crippen molar-refractivity contribution in [1.29, 1.82) is 0 Å². The maximum absolute atomic E-state index is 12.4. The van der Waals surface area contributed by atoms with Gasteiger partial charge in [-0.25, -0.2) is 4.79 Å². The van der Waals surface area contributed by atoms with E-state index in [4.69, 9.17) is 10.5 Å². The lowest BCUT2D eigenvalue weighted by Crippen LogP contribution is -2.43. The molecule has 2 N–H and O–H groups in total. The van der Waals surface area contributed by atoms with Gasteiger partial charge in [0.1, 0.15) is 0 Å². The van der Waals surface area contributed by atoms with Crippen LogP contribution in [0.5, 0.6) is 0 Å². The minimum Gasteiger partial charge on any atom is -0.465 e. The summed E-state index contributed by atoms with van der Waals surface area (Å²) in [6.07, 6.45) is 8.76. The van der Waals surface area contributed by atoms with Crippen LogP contribution in [0.3, 0.4) is 0 Å². The first-order valence-corrected chi connectivity index (χ1v) is 10.4. The topological polar surface area (TPSA) is 72.6 Å². The number of benzene rings is 1. The van der Waals surface area contributed by atoms with Crippen LogP contribution in [0.15, 0.2) is 54.1 Å². The lowest BCUT2D eigenvalue weighted by atomic mass is 9.83. The monoisotopic (exact) mass is 400 g/mol. The van der Waals surface area contributed by atoms with Gasteiger partial charge in [-0.3, -0.25) is 4.79 Å². The number of ether oxygens (including phenoxy) is 1. The molecule has 3 rings (SSSR count). The van der Waals surface area contributed by atoms with Crippen LogP contribution in [0.1, 0.15) is 24.8 Å². The molecule has 4 unspecified atom stereocenters. The zero-order valence-electron chi connectivity index (χ0n) is 16.3. The summed E-state index contributed by atoms with van der Waals surface area (Å²) in [5.74, 6) is 0.0519. The molecule has 1 aliphatic carbocycles. The number of hydrogen-bond donors (Lipinski definition) is 1. The third-order valence-corrected chi connectivity index (χ3v) is 7.09. The second-order valence-electron chi connectivity index (χ2n) is 7.68. The SMILES string of the molecule is COC(=O)C1=CCC(CCN2CCC(C(P)(C(N)=O)c3ccccc3)C2)C=C1. The van der Waals surface area contributed by atoms with E-state index in [1.807, 2.05) is 42.5 Å². The predicted molar refractivity (Wildman–Crippen MR) is 114 cm³/mol. The van der Waals surface area contributed by atoms with Crippen LogP contribution < -0.4 is 5.73 Å². The molecule has 0 radical (unpaired) electrons. The van der Waals surface area contributed by atoms with Gasteiger partial charge in [0.25, 0.3) is 0 Å². The largest absolute Gasteiger partial charge is 0.465 e. The summed E-state index contributed by atoms with van der Waals surface area (Å²) in [6.45, 7) is 2.81. The number of carbonyl (C=O) groups excluding carboxylic acids is 2. The van der Waals surface area contributed by atoms with Gasteiger partial charge in [0.05, 0.1) is 17.8 Å². The highest BCUT2D eigenvalue weighted by molar-refractivity contribution is 7.20. The van der Waals surface area contributed by atoms with Crippen LogP contribution in [-0.2, 0) is 19.5 Å². The molecule has 1 heterocycles. The standard InChI is InChI=1S/C22H29N2O3P/c1-27-20(25)17-9-7-16(8-10-17)11-13-24-14-12-19(15-24)22(28,21(23)26)18-5-3-2-4-6-18/h2-7,9-10,16,19H,8,11-15,28H2,1H3,(H2,23,26). The Morgan fingerprint density at radius 3 is 2.68 bits per heavy atom. The minimum atomic E-state index is -0.723. The molecular formula is C22H29N2O3P. The molecule has 2 aliphatic rings. The van der Waals surface area contributed by atoms with Crippen molar-refractivity contribution >= 4 is 21.1 Å². The average molecular weight is 400 g/mol. The van der Waals surface area contributed by atoms with Gasteiger partial charge in [0.15, 0.2) is 0 Å². The summed E-state index contributed by atoms with van der Waals surface area (Å²) in [4.78, 5) is 26.3. The predicted octanol–water partition coefficient (Wildman–Crippen LogP) is 2.63. The molecule has 4 atom stereocenters. The molecule has 150 valence electrons. The van der Waals surface area contributed by atoms with Crippen LogP contribution >= 0.6 is 9.24 Å². The molecular weight excluding hydrogens is 371 g/mol. The highest BCUT2D eigenvalue weighted by atomic mass is 31.0. The summed E-state index contributed by atoms with van der Waals surface area (Å²) in [7, 11) is 4.15. The fourth-order valence-corrected chi connectivity index (χ4v) is 4.66. The van der Waals surface area contributed by atoms with E-state index in [0.29, 0.717) is 11.5 Å². The van der Waals surface area contributed by atoms with E-state index < -0.39 is 5.16 Å². The Kier molecular flexibility index (Phi) is 6.69. The molecule has 1 amide bonds. The maximum atomic E-state index is 12.4.